The van der Waals surface area contributed by atoms with Crippen molar-refractivity contribution in [1.82, 2.24) is 4.98 Å². The number of anilines is 3. The maximum absolute atomic E-state index is 6.33. The Hall–Kier alpha value is -4.89. The maximum Gasteiger partial charge on any atom is 0.307 e. The van der Waals surface area contributed by atoms with E-state index >= 15 is 0 Å². The second-order valence-electron chi connectivity index (χ2n) is 8.91. The minimum absolute atomic E-state index is 0.547. The zero-order valence-corrected chi connectivity index (χ0v) is 19.5. The van der Waals surface area contributed by atoms with Crippen LogP contribution in [0.25, 0.3) is 43.8 Å². The Balaban J connectivity index is 1.34. The number of para-hydroxylation sites is 1. The average molecular weight is 463 g/mol. The van der Waals surface area contributed by atoms with Crippen LogP contribution in [0.5, 0.6) is 0 Å². The van der Waals surface area contributed by atoms with Gasteiger partial charge in [-0.1, -0.05) is 97.1 Å². The summed E-state index contributed by atoms with van der Waals surface area (Å²) in [5.74, 6) is 0. The predicted octanol–water partition coefficient (Wildman–Crippen LogP) is 9.27. The fraction of sp³-hybridized carbons (Fsp3) is 0. The van der Waals surface area contributed by atoms with Crippen molar-refractivity contribution in [2.75, 3.05) is 4.90 Å². The Morgan fingerprint density at radius 3 is 1.97 bits per heavy atom. The molecule has 0 N–H and O–H groups in total. The summed E-state index contributed by atoms with van der Waals surface area (Å²) in [4.78, 5) is 7.04. The number of rotatable bonds is 4. The topological polar surface area (TPSA) is 29.3 Å². The van der Waals surface area contributed by atoms with Crippen LogP contribution in [0.3, 0.4) is 0 Å². The van der Waals surface area contributed by atoms with Crippen LogP contribution in [-0.4, -0.2) is 4.98 Å². The van der Waals surface area contributed by atoms with Crippen LogP contribution in [-0.2, 0) is 0 Å². The Morgan fingerprint density at radius 2 is 1.14 bits per heavy atom. The smallest absolute Gasteiger partial charge is 0.307 e. The first-order chi connectivity index (χ1) is 17.8. The summed E-state index contributed by atoms with van der Waals surface area (Å²) in [6, 6.07) is 46.8. The van der Waals surface area contributed by atoms with E-state index in [2.05, 4.69) is 102 Å². The van der Waals surface area contributed by atoms with Crippen LogP contribution in [0.4, 0.5) is 17.4 Å². The number of fused-ring (bicyclic) bond motifs is 4. The third-order valence-corrected chi connectivity index (χ3v) is 6.69. The van der Waals surface area contributed by atoms with E-state index in [0.717, 1.165) is 33.2 Å². The van der Waals surface area contributed by atoms with Gasteiger partial charge in [0.25, 0.3) is 0 Å². The molecule has 0 fully saturated rings. The van der Waals surface area contributed by atoms with Crippen LogP contribution in [0.2, 0.25) is 0 Å². The number of oxazole rings is 1. The van der Waals surface area contributed by atoms with Gasteiger partial charge >= 0.3 is 6.01 Å². The molecule has 6 aromatic carbocycles. The molecule has 0 unspecified atom stereocenters. The molecule has 0 aliphatic rings. The molecule has 7 rings (SSSR count). The normalized spacial score (nSPS) is 11.3. The fourth-order valence-corrected chi connectivity index (χ4v) is 4.86. The lowest BCUT2D eigenvalue weighted by Gasteiger charge is -2.21. The molecule has 7 aromatic rings. The Morgan fingerprint density at radius 1 is 0.500 bits per heavy atom. The van der Waals surface area contributed by atoms with Gasteiger partial charge in [-0.05, 0) is 63.7 Å². The maximum atomic E-state index is 6.33. The molecule has 3 heteroatoms. The Kier molecular flexibility index (Phi) is 4.78. The fourth-order valence-electron chi connectivity index (χ4n) is 4.86. The molecule has 1 aromatic heterocycles. The standard InChI is InChI=1S/C33H22N2O/c1-2-11-28(12-3-1)35(33-34-32-30-13-7-6-9-25(30)18-21-31(32)36-33)29-19-16-24(17-20-29)27-15-14-23-8-4-5-10-26(23)22-27/h1-22H. The van der Waals surface area contributed by atoms with Crippen LogP contribution in [0.15, 0.2) is 138 Å². The third-order valence-electron chi connectivity index (χ3n) is 6.69. The molecule has 0 atom stereocenters. The number of aromatic nitrogens is 1. The quantitative estimate of drug-likeness (QED) is 0.261. The summed E-state index contributed by atoms with van der Waals surface area (Å²) in [7, 11) is 0. The number of benzene rings is 6. The third kappa shape index (κ3) is 3.50. The largest absolute Gasteiger partial charge is 0.423 e. The number of nitrogens with zero attached hydrogens (tertiary/aromatic N) is 2. The second-order valence-corrected chi connectivity index (χ2v) is 8.91. The van der Waals surface area contributed by atoms with Gasteiger partial charge in [0.15, 0.2) is 5.58 Å². The van der Waals surface area contributed by atoms with Crippen molar-refractivity contribution in [1.29, 1.82) is 0 Å². The molecule has 0 saturated carbocycles. The molecule has 1 heterocycles. The lowest BCUT2D eigenvalue weighted by molar-refractivity contribution is 0.608. The van der Waals surface area contributed by atoms with Crippen LogP contribution >= 0.6 is 0 Å². The SMILES string of the molecule is c1ccc(N(c2ccc(-c3ccc4ccccc4c3)cc2)c2nc3c(ccc4ccccc43)o2)cc1. The zero-order valence-electron chi connectivity index (χ0n) is 19.5. The Labute approximate surface area is 208 Å². The molecule has 0 bridgehead atoms. The van der Waals surface area contributed by atoms with E-state index in [1.807, 2.05) is 36.4 Å². The highest BCUT2D eigenvalue weighted by molar-refractivity contribution is 6.04. The van der Waals surface area contributed by atoms with Crippen LogP contribution in [0.1, 0.15) is 0 Å². The van der Waals surface area contributed by atoms with Crippen molar-refractivity contribution in [3.8, 4) is 11.1 Å². The highest BCUT2D eigenvalue weighted by atomic mass is 16.4. The van der Waals surface area contributed by atoms with Gasteiger partial charge in [-0.3, -0.25) is 4.90 Å². The average Bonchev–Trinajstić information content (AvgIpc) is 3.38. The van der Waals surface area contributed by atoms with Gasteiger partial charge in [0.2, 0.25) is 0 Å². The molecular formula is C33H22N2O. The van der Waals surface area contributed by atoms with E-state index in [4.69, 9.17) is 9.40 Å². The van der Waals surface area contributed by atoms with E-state index < -0.39 is 0 Å². The monoisotopic (exact) mass is 462 g/mol. The van der Waals surface area contributed by atoms with Gasteiger partial charge in [0.05, 0.1) is 11.4 Å². The lowest BCUT2D eigenvalue weighted by atomic mass is 10.0. The molecule has 0 radical (unpaired) electrons. The van der Waals surface area contributed by atoms with Crippen molar-refractivity contribution in [2.24, 2.45) is 0 Å². The van der Waals surface area contributed by atoms with E-state index in [9.17, 15) is 0 Å². The van der Waals surface area contributed by atoms with Crippen molar-refractivity contribution in [3.63, 3.8) is 0 Å². The summed E-state index contributed by atoms with van der Waals surface area (Å²) < 4.78 is 6.33. The summed E-state index contributed by atoms with van der Waals surface area (Å²) in [6.45, 7) is 0. The first-order valence-electron chi connectivity index (χ1n) is 12.1. The predicted molar refractivity (Wildman–Crippen MR) is 149 cm³/mol. The van der Waals surface area contributed by atoms with E-state index in [1.165, 1.54) is 21.9 Å². The molecule has 0 saturated heterocycles. The van der Waals surface area contributed by atoms with Gasteiger partial charge < -0.3 is 4.42 Å². The van der Waals surface area contributed by atoms with Gasteiger partial charge in [-0.2, -0.15) is 4.98 Å². The van der Waals surface area contributed by atoms with Crippen molar-refractivity contribution >= 4 is 50.0 Å². The van der Waals surface area contributed by atoms with Crippen LogP contribution < -0.4 is 4.90 Å². The minimum Gasteiger partial charge on any atom is -0.423 e. The molecular weight excluding hydrogens is 440 g/mol. The Bertz CT molecular complexity index is 1840. The van der Waals surface area contributed by atoms with Crippen molar-refractivity contribution < 1.29 is 4.42 Å². The number of hydrogen-bond acceptors (Lipinski definition) is 3. The zero-order chi connectivity index (χ0) is 23.9. The molecule has 3 nitrogen and oxygen atoms in total. The molecule has 36 heavy (non-hydrogen) atoms. The van der Waals surface area contributed by atoms with E-state index in [-0.39, 0.29) is 0 Å². The van der Waals surface area contributed by atoms with Gasteiger partial charge in [0, 0.05) is 5.39 Å². The van der Waals surface area contributed by atoms with Crippen LogP contribution in [0, 0.1) is 0 Å². The highest BCUT2D eigenvalue weighted by Gasteiger charge is 2.19. The highest BCUT2D eigenvalue weighted by Crippen LogP contribution is 2.38. The van der Waals surface area contributed by atoms with Crippen molar-refractivity contribution in [3.05, 3.63) is 133 Å². The van der Waals surface area contributed by atoms with Gasteiger partial charge in [0.1, 0.15) is 5.52 Å². The van der Waals surface area contributed by atoms with Crippen molar-refractivity contribution in [2.45, 2.75) is 0 Å². The first kappa shape index (κ1) is 20.5. The summed E-state index contributed by atoms with van der Waals surface area (Å²) in [5, 5.41) is 4.72. The summed E-state index contributed by atoms with van der Waals surface area (Å²) in [5.41, 5.74) is 5.99. The summed E-state index contributed by atoms with van der Waals surface area (Å²) >= 11 is 0. The molecule has 170 valence electrons. The van der Waals surface area contributed by atoms with E-state index in [1.54, 1.807) is 0 Å². The first-order valence-corrected chi connectivity index (χ1v) is 12.1. The van der Waals surface area contributed by atoms with Gasteiger partial charge in [-0.15, -0.1) is 0 Å². The number of hydrogen-bond donors (Lipinski definition) is 0. The molecule has 0 aliphatic heterocycles. The molecule has 0 amide bonds. The van der Waals surface area contributed by atoms with Gasteiger partial charge in [-0.25, -0.2) is 0 Å². The summed E-state index contributed by atoms with van der Waals surface area (Å²) in [6.07, 6.45) is 0. The molecule has 0 spiro atoms. The molecule has 0 aliphatic carbocycles. The lowest BCUT2D eigenvalue weighted by Crippen LogP contribution is -2.10. The second kappa shape index (κ2) is 8.40. The van der Waals surface area contributed by atoms with E-state index in [0.29, 0.717) is 6.01 Å². The minimum atomic E-state index is 0.547.